The van der Waals surface area contributed by atoms with E-state index < -0.39 is 6.04 Å². The summed E-state index contributed by atoms with van der Waals surface area (Å²) in [5.74, 6) is -0.343. The minimum absolute atomic E-state index is 0.155. The molecule has 3 rings (SSSR count). The van der Waals surface area contributed by atoms with Gasteiger partial charge < -0.3 is 15.0 Å². The molecular weight excluding hydrogens is 294 g/mol. The van der Waals surface area contributed by atoms with Crippen molar-refractivity contribution in [2.75, 3.05) is 43.1 Å². The van der Waals surface area contributed by atoms with Crippen molar-refractivity contribution in [3.8, 4) is 0 Å². The maximum Gasteiger partial charge on any atom is 0.252 e. The second-order valence-corrected chi connectivity index (χ2v) is 5.68. The van der Waals surface area contributed by atoms with Crippen LogP contribution in [0.5, 0.6) is 0 Å². The van der Waals surface area contributed by atoms with Crippen LogP contribution in [0.4, 0.5) is 11.4 Å². The molecule has 1 aromatic carbocycles. The lowest BCUT2D eigenvalue weighted by atomic mass is 10.2. The summed E-state index contributed by atoms with van der Waals surface area (Å²) in [6.07, 6.45) is 1.76. The normalized spacial score (nSPS) is 21.7. The van der Waals surface area contributed by atoms with E-state index in [0.29, 0.717) is 0 Å². The number of morpholine rings is 1. The van der Waals surface area contributed by atoms with Gasteiger partial charge >= 0.3 is 0 Å². The average molecular weight is 315 g/mol. The topological polar surface area (TPSA) is 61.9 Å². The third-order valence-corrected chi connectivity index (χ3v) is 4.14. The molecule has 0 aliphatic carbocycles. The van der Waals surface area contributed by atoms with E-state index in [0.717, 1.165) is 37.7 Å². The molecule has 0 bridgehead atoms. The first-order valence-electron chi connectivity index (χ1n) is 7.83. The van der Waals surface area contributed by atoms with Gasteiger partial charge in [0.25, 0.3) is 5.91 Å². The zero-order chi connectivity index (χ0) is 16.2. The number of nitrogens with zero attached hydrogens (tertiary/aromatic N) is 2. The number of carbonyl (C=O) groups excluding carboxylic acids is 2. The molecule has 1 N–H and O–H groups in total. The number of ether oxygens (including phenoxy) is 1. The Morgan fingerprint density at radius 1 is 1.22 bits per heavy atom. The molecule has 6 heteroatoms. The van der Waals surface area contributed by atoms with E-state index in [1.54, 1.807) is 6.08 Å². The van der Waals surface area contributed by atoms with Crippen LogP contribution >= 0.6 is 0 Å². The highest BCUT2D eigenvalue weighted by Crippen LogP contribution is 2.22. The van der Waals surface area contributed by atoms with Gasteiger partial charge in [-0.05, 0) is 24.3 Å². The van der Waals surface area contributed by atoms with Gasteiger partial charge in [-0.1, -0.05) is 6.08 Å². The largest absolute Gasteiger partial charge is 0.378 e. The summed E-state index contributed by atoms with van der Waals surface area (Å²) in [4.78, 5) is 27.5. The van der Waals surface area contributed by atoms with Gasteiger partial charge in [0.1, 0.15) is 6.04 Å². The highest BCUT2D eigenvalue weighted by atomic mass is 16.5. The molecule has 2 saturated heterocycles. The van der Waals surface area contributed by atoms with Gasteiger partial charge in [0.15, 0.2) is 0 Å². The number of benzene rings is 1. The molecule has 2 amide bonds. The van der Waals surface area contributed by atoms with E-state index in [1.165, 1.54) is 4.90 Å². The standard InChI is InChI=1S/C17H21N3O3/c1-2-7-20-16(21)12-15(17(20)22)18-13-3-5-14(6-4-13)19-8-10-23-11-9-19/h2-6,15,18H,1,7-12H2/t15-/m0/s1. The van der Waals surface area contributed by atoms with Crippen LogP contribution in [0.25, 0.3) is 0 Å². The molecule has 1 aromatic rings. The lowest BCUT2D eigenvalue weighted by molar-refractivity contribution is -0.137. The molecule has 2 fully saturated rings. The minimum atomic E-state index is -0.489. The second-order valence-electron chi connectivity index (χ2n) is 5.68. The van der Waals surface area contributed by atoms with E-state index in [2.05, 4.69) is 16.8 Å². The van der Waals surface area contributed by atoms with E-state index in [9.17, 15) is 9.59 Å². The van der Waals surface area contributed by atoms with Gasteiger partial charge in [-0.3, -0.25) is 14.5 Å². The van der Waals surface area contributed by atoms with Crippen molar-refractivity contribution in [1.82, 2.24) is 4.90 Å². The predicted octanol–water partition coefficient (Wildman–Crippen LogP) is 1.25. The van der Waals surface area contributed by atoms with Crippen LogP contribution in [-0.4, -0.2) is 55.6 Å². The molecular formula is C17H21N3O3. The number of anilines is 2. The zero-order valence-corrected chi connectivity index (χ0v) is 13.0. The van der Waals surface area contributed by atoms with Crippen LogP contribution in [0.15, 0.2) is 36.9 Å². The predicted molar refractivity (Wildman–Crippen MR) is 88.4 cm³/mol. The van der Waals surface area contributed by atoms with Gasteiger partial charge in [0.05, 0.1) is 19.6 Å². The summed E-state index contributed by atoms with van der Waals surface area (Å²) in [7, 11) is 0. The minimum Gasteiger partial charge on any atom is -0.378 e. The fourth-order valence-electron chi connectivity index (χ4n) is 2.91. The summed E-state index contributed by atoms with van der Waals surface area (Å²) in [6, 6.07) is 7.45. The van der Waals surface area contributed by atoms with Crippen molar-refractivity contribution in [3.63, 3.8) is 0 Å². The molecule has 0 spiro atoms. The third-order valence-electron chi connectivity index (χ3n) is 4.14. The molecule has 1 atom stereocenters. The molecule has 2 heterocycles. The number of hydrogen-bond acceptors (Lipinski definition) is 5. The Labute approximate surface area is 135 Å². The van der Waals surface area contributed by atoms with Crippen molar-refractivity contribution in [3.05, 3.63) is 36.9 Å². The molecule has 122 valence electrons. The van der Waals surface area contributed by atoms with Gasteiger partial charge in [-0.25, -0.2) is 0 Å². The van der Waals surface area contributed by atoms with E-state index in [4.69, 9.17) is 4.74 Å². The smallest absolute Gasteiger partial charge is 0.252 e. The van der Waals surface area contributed by atoms with Gasteiger partial charge in [-0.2, -0.15) is 0 Å². The lowest BCUT2D eigenvalue weighted by Gasteiger charge is -2.29. The number of nitrogens with one attached hydrogen (secondary N) is 1. The SMILES string of the molecule is C=CCN1C(=O)C[C@H](Nc2ccc(N3CCOCC3)cc2)C1=O. The Bertz CT molecular complexity index is 594. The van der Waals surface area contributed by atoms with Gasteiger partial charge in [0.2, 0.25) is 5.91 Å². The third kappa shape index (κ3) is 3.37. The molecule has 2 aliphatic heterocycles. The van der Waals surface area contributed by atoms with Crippen LogP contribution in [-0.2, 0) is 14.3 Å². The summed E-state index contributed by atoms with van der Waals surface area (Å²) in [5, 5.41) is 3.15. The van der Waals surface area contributed by atoms with Crippen molar-refractivity contribution in [2.45, 2.75) is 12.5 Å². The number of imide groups is 1. The summed E-state index contributed by atoms with van der Waals surface area (Å²) < 4.78 is 5.35. The Hall–Kier alpha value is -2.34. The van der Waals surface area contributed by atoms with Crippen LogP contribution in [0.3, 0.4) is 0 Å². The fraction of sp³-hybridized carbons (Fsp3) is 0.412. The Kier molecular flexibility index (Phi) is 4.62. The lowest BCUT2D eigenvalue weighted by Crippen LogP contribution is -2.36. The van der Waals surface area contributed by atoms with Crippen LogP contribution in [0.1, 0.15) is 6.42 Å². The fourth-order valence-corrected chi connectivity index (χ4v) is 2.91. The number of carbonyl (C=O) groups is 2. The van der Waals surface area contributed by atoms with Crippen molar-refractivity contribution in [1.29, 1.82) is 0 Å². The van der Waals surface area contributed by atoms with E-state index in [1.807, 2.05) is 24.3 Å². The summed E-state index contributed by atoms with van der Waals surface area (Å²) in [5.41, 5.74) is 1.98. The molecule has 0 unspecified atom stereocenters. The van der Waals surface area contributed by atoms with Gasteiger partial charge in [-0.15, -0.1) is 6.58 Å². The number of rotatable bonds is 5. The molecule has 0 aromatic heterocycles. The zero-order valence-electron chi connectivity index (χ0n) is 13.0. The maximum absolute atomic E-state index is 12.2. The Morgan fingerprint density at radius 3 is 2.57 bits per heavy atom. The van der Waals surface area contributed by atoms with Crippen molar-refractivity contribution >= 4 is 23.2 Å². The summed E-state index contributed by atoms with van der Waals surface area (Å²) in [6.45, 7) is 7.12. The first-order chi connectivity index (χ1) is 11.2. The first-order valence-corrected chi connectivity index (χ1v) is 7.83. The Morgan fingerprint density at radius 2 is 1.91 bits per heavy atom. The quantitative estimate of drug-likeness (QED) is 0.654. The van der Waals surface area contributed by atoms with E-state index in [-0.39, 0.29) is 24.8 Å². The first kappa shape index (κ1) is 15.6. The highest BCUT2D eigenvalue weighted by molar-refractivity contribution is 6.06. The van der Waals surface area contributed by atoms with Crippen LogP contribution in [0.2, 0.25) is 0 Å². The molecule has 0 radical (unpaired) electrons. The maximum atomic E-state index is 12.2. The Balaban J connectivity index is 1.63. The molecule has 23 heavy (non-hydrogen) atoms. The molecule has 6 nitrogen and oxygen atoms in total. The monoisotopic (exact) mass is 315 g/mol. The van der Waals surface area contributed by atoms with Crippen molar-refractivity contribution in [2.24, 2.45) is 0 Å². The van der Waals surface area contributed by atoms with Gasteiger partial charge in [0, 0.05) is 31.0 Å². The molecule has 0 saturated carbocycles. The average Bonchev–Trinajstić information content (AvgIpc) is 2.84. The van der Waals surface area contributed by atoms with Crippen molar-refractivity contribution < 1.29 is 14.3 Å². The number of likely N-dealkylation sites (tertiary alicyclic amines) is 1. The highest BCUT2D eigenvalue weighted by Gasteiger charge is 2.37. The molecule has 2 aliphatic rings. The number of hydrogen-bond donors (Lipinski definition) is 1. The van der Waals surface area contributed by atoms with Crippen LogP contribution in [0, 0.1) is 0 Å². The van der Waals surface area contributed by atoms with E-state index >= 15 is 0 Å². The summed E-state index contributed by atoms with van der Waals surface area (Å²) >= 11 is 0. The second kappa shape index (κ2) is 6.83. The number of amides is 2. The van der Waals surface area contributed by atoms with Crippen LogP contribution < -0.4 is 10.2 Å².